The third-order valence-corrected chi connectivity index (χ3v) is 9.15. The molecular formula is C31H45N3O21. The Morgan fingerprint density at radius 1 is 0.909 bits per heavy atom. The van der Waals surface area contributed by atoms with E-state index < -0.39 is 147 Å². The predicted octanol–water partition coefficient (Wildman–Crippen LogP) is -6.08. The lowest BCUT2D eigenvalue weighted by Gasteiger charge is -2.49. The summed E-state index contributed by atoms with van der Waals surface area (Å²) < 4.78 is 34.3. The first-order valence-electron chi connectivity index (χ1n) is 16.8. The van der Waals surface area contributed by atoms with Crippen molar-refractivity contribution in [1.82, 2.24) is 10.6 Å². The molecule has 12 N–H and O–H groups in total. The molecule has 3 aliphatic rings. The number of nitrogens with one attached hydrogen (secondary N) is 2. The van der Waals surface area contributed by atoms with E-state index in [1.54, 1.807) is 0 Å². The first kappa shape index (κ1) is 44.0. The number of nitro groups is 1. The summed E-state index contributed by atoms with van der Waals surface area (Å²) in [6, 6.07) is 1.35. The molecule has 3 aliphatic heterocycles. The number of carbonyl (C=O) groups excluding carboxylic acids is 2. The molecule has 0 saturated carbocycles. The Balaban J connectivity index is 1.71. The maximum absolute atomic E-state index is 12.7. The molecule has 0 bridgehead atoms. The van der Waals surface area contributed by atoms with Crippen LogP contribution in [-0.4, -0.2) is 191 Å². The Bertz CT molecular complexity index is 1490. The van der Waals surface area contributed by atoms with Gasteiger partial charge in [0.1, 0.15) is 72.8 Å². The van der Waals surface area contributed by atoms with E-state index in [0.717, 1.165) is 38.1 Å². The molecule has 3 fully saturated rings. The maximum Gasteiger partial charge on any atom is 0.364 e. The van der Waals surface area contributed by atoms with Gasteiger partial charge < -0.3 is 90.1 Å². The van der Waals surface area contributed by atoms with Gasteiger partial charge in [-0.25, -0.2) is 4.79 Å². The molecule has 0 aromatic heterocycles. The highest BCUT2D eigenvalue weighted by Gasteiger charge is 2.58. The normalized spacial score (nSPS) is 37.6. The summed E-state index contributed by atoms with van der Waals surface area (Å²) in [5, 5.41) is 120. The molecule has 0 spiro atoms. The van der Waals surface area contributed by atoms with Gasteiger partial charge >= 0.3 is 5.97 Å². The van der Waals surface area contributed by atoms with Crippen LogP contribution in [0.5, 0.6) is 5.75 Å². The summed E-state index contributed by atoms with van der Waals surface area (Å²) >= 11 is 0. The van der Waals surface area contributed by atoms with Gasteiger partial charge in [0.05, 0.1) is 36.9 Å². The monoisotopic (exact) mass is 795 g/mol. The Morgan fingerprint density at radius 2 is 1.51 bits per heavy atom. The van der Waals surface area contributed by atoms with Gasteiger partial charge in [-0.3, -0.25) is 19.7 Å². The van der Waals surface area contributed by atoms with E-state index >= 15 is 0 Å². The van der Waals surface area contributed by atoms with Gasteiger partial charge in [0.15, 0.2) is 6.29 Å². The van der Waals surface area contributed by atoms with Crippen LogP contribution in [0.1, 0.15) is 20.3 Å². The van der Waals surface area contributed by atoms with E-state index in [9.17, 15) is 75.6 Å². The van der Waals surface area contributed by atoms with Gasteiger partial charge in [-0.15, -0.1) is 0 Å². The Morgan fingerprint density at radius 3 is 2.05 bits per heavy atom. The van der Waals surface area contributed by atoms with E-state index in [2.05, 4.69) is 10.6 Å². The zero-order valence-corrected chi connectivity index (χ0v) is 29.2. The fraction of sp³-hybridized carbons (Fsp3) is 0.710. The lowest BCUT2D eigenvalue weighted by molar-refractivity contribution is -0.384. The molecular weight excluding hydrogens is 750 g/mol. The third kappa shape index (κ3) is 9.99. The van der Waals surface area contributed by atoms with Crippen molar-refractivity contribution in [3.8, 4) is 5.75 Å². The quantitative estimate of drug-likeness (QED) is 0.0580. The van der Waals surface area contributed by atoms with Gasteiger partial charge in [-0.2, -0.15) is 0 Å². The number of hydrogen-bond acceptors (Lipinski definition) is 20. The summed E-state index contributed by atoms with van der Waals surface area (Å²) in [5.74, 6) is -6.41. The van der Waals surface area contributed by atoms with E-state index in [1.165, 1.54) is 0 Å². The number of aliphatic hydroxyl groups excluding tert-OH is 9. The topological polar surface area (TPSA) is 376 Å². The molecule has 1 aromatic carbocycles. The van der Waals surface area contributed by atoms with Crippen molar-refractivity contribution >= 4 is 23.5 Å². The SMILES string of the molecule is CC(=O)NC1C(O)CC(OCC2OC(Oc3ccc([N+](=O)[O-])cc3)C(NC(C)=O)C(OC3OC(CO)C(O)C(O)C3O)C2O)(C(=O)O)OC1C(O)C(O)CO. The van der Waals surface area contributed by atoms with Crippen molar-refractivity contribution in [3.05, 3.63) is 34.4 Å². The van der Waals surface area contributed by atoms with Crippen molar-refractivity contribution in [2.75, 3.05) is 19.8 Å². The van der Waals surface area contributed by atoms with E-state index in [1.807, 2.05) is 0 Å². The van der Waals surface area contributed by atoms with Gasteiger partial charge in [-0.05, 0) is 12.1 Å². The van der Waals surface area contributed by atoms with Crippen LogP contribution >= 0.6 is 0 Å². The number of nitrogens with zero attached hydrogens (tertiary/aromatic N) is 1. The van der Waals surface area contributed by atoms with Crippen LogP contribution in [0.3, 0.4) is 0 Å². The van der Waals surface area contributed by atoms with Crippen LogP contribution < -0.4 is 15.4 Å². The van der Waals surface area contributed by atoms with E-state index in [0.29, 0.717) is 0 Å². The minimum atomic E-state index is -2.91. The molecule has 0 aliphatic carbocycles. The summed E-state index contributed by atoms with van der Waals surface area (Å²) in [4.78, 5) is 47.6. The number of carboxylic acid groups (broad SMARTS) is 1. The number of amides is 2. The summed E-state index contributed by atoms with van der Waals surface area (Å²) in [6.45, 7) is -0.811. The summed E-state index contributed by atoms with van der Waals surface area (Å²) in [5.41, 5.74) is -0.329. The van der Waals surface area contributed by atoms with Crippen molar-refractivity contribution in [1.29, 1.82) is 0 Å². The molecule has 310 valence electrons. The molecule has 2 amide bonds. The molecule has 3 saturated heterocycles. The molecule has 16 atom stereocenters. The molecule has 24 heteroatoms. The molecule has 55 heavy (non-hydrogen) atoms. The number of nitro benzene ring substituents is 1. The maximum atomic E-state index is 12.7. The average Bonchev–Trinajstić information content (AvgIpc) is 3.13. The molecule has 16 unspecified atom stereocenters. The number of carboxylic acids is 1. The molecule has 24 nitrogen and oxygen atoms in total. The van der Waals surface area contributed by atoms with Gasteiger partial charge in [-0.1, -0.05) is 0 Å². The van der Waals surface area contributed by atoms with Gasteiger partial charge in [0, 0.05) is 32.4 Å². The van der Waals surface area contributed by atoms with Crippen molar-refractivity contribution < 1.29 is 98.8 Å². The molecule has 3 heterocycles. The second-order valence-electron chi connectivity index (χ2n) is 13.1. The minimum absolute atomic E-state index is 0.0994. The fourth-order valence-electron chi connectivity index (χ4n) is 6.31. The second-order valence-corrected chi connectivity index (χ2v) is 13.1. The zero-order chi connectivity index (χ0) is 40.9. The van der Waals surface area contributed by atoms with Crippen molar-refractivity contribution in [2.45, 2.75) is 118 Å². The van der Waals surface area contributed by atoms with Crippen LogP contribution in [0.15, 0.2) is 24.3 Å². The minimum Gasteiger partial charge on any atom is -0.477 e. The predicted molar refractivity (Wildman–Crippen MR) is 173 cm³/mol. The number of rotatable bonds is 15. The van der Waals surface area contributed by atoms with Crippen LogP contribution in [0.2, 0.25) is 0 Å². The van der Waals surface area contributed by atoms with Crippen LogP contribution in [-0.2, 0) is 38.1 Å². The lowest BCUT2D eigenvalue weighted by atomic mass is 9.88. The molecule has 0 radical (unpaired) electrons. The second kappa shape index (κ2) is 18.5. The highest BCUT2D eigenvalue weighted by Crippen LogP contribution is 2.36. The van der Waals surface area contributed by atoms with Gasteiger partial charge in [0.25, 0.3) is 11.5 Å². The van der Waals surface area contributed by atoms with Crippen LogP contribution in [0.25, 0.3) is 0 Å². The first-order valence-corrected chi connectivity index (χ1v) is 16.8. The average molecular weight is 796 g/mol. The first-order chi connectivity index (χ1) is 25.8. The molecule has 4 rings (SSSR count). The number of benzene rings is 1. The zero-order valence-electron chi connectivity index (χ0n) is 29.2. The number of aliphatic carboxylic acids is 1. The largest absolute Gasteiger partial charge is 0.477 e. The number of ether oxygens (including phenoxy) is 6. The van der Waals surface area contributed by atoms with E-state index in [-0.39, 0.29) is 11.4 Å². The van der Waals surface area contributed by atoms with Crippen LogP contribution in [0, 0.1) is 10.1 Å². The van der Waals surface area contributed by atoms with Crippen molar-refractivity contribution in [2.24, 2.45) is 0 Å². The fourth-order valence-corrected chi connectivity index (χ4v) is 6.31. The Labute approximate surface area is 310 Å². The standard InChI is InChI=1S/C31H45N3O21/c1-11(37)32-19-15(39)7-31(30(46)47,55-27(19)21(41)16(40)8-35)50-10-18-23(43)26(54-29-25(45)24(44)22(42)17(9-36)52-29)20(33-12(2)38)28(53-18)51-14-5-3-13(4-6-14)34(48)49/h3-6,15-29,35-36,39-45H,7-10H2,1-2H3,(H,32,37)(H,33,38)(H,46,47). The smallest absolute Gasteiger partial charge is 0.364 e. The number of non-ortho nitro benzene ring substituents is 1. The summed E-state index contributed by atoms with van der Waals surface area (Å²) in [6.07, 6.45) is -25.2. The number of carbonyl (C=O) groups is 3. The van der Waals surface area contributed by atoms with E-state index in [4.69, 9.17) is 28.4 Å². The number of aliphatic hydroxyl groups is 9. The summed E-state index contributed by atoms with van der Waals surface area (Å²) in [7, 11) is 0. The highest BCUT2D eigenvalue weighted by molar-refractivity contribution is 5.76. The lowest BCUT2D eigenvalue weighted by Crippen LogP contribution is -2.70. The third-order valence-electron chi connectivity index (χ3n) is 9.15. The highest BCUT2D eigenvalue weighted by atomic mass is 16.8. The Kier molecular flexibility index (Phi) is 14.8. The molecule has 1 aromatic rings. The number of hydrogen-bond donors (Lipinski definition) is 12. The van der Waals surface area contributed by atoms with Crippen molar-refractivity contribution in [3.63, 3.8) is 0 Å². The van der Waals surface area contributed by atoms with Gasteiger partial charge in [0.2, 0.25) is 18.1 Å². The Hall–Kier alpha value is -3.73. The van der Waals surface area contributed by atoms with Crippen LogP contribution in [0.4, 0.5) is 5.69 Å².